The van der Waals surface area contributed by atoms with E-state index in [0.717, 1.165) is 11.1 Å². The minimum absolute atomic E-state index is 0.0105. The van der Waals surface area contributed by atoms with Gasteiger partial charge in [-0.25, -0.2) is 4.98 Å². The molecule has 0 atom stereocenters. The highest BCUT2D eigenvalue weighted by atomic mass is 16.2. The maximum absolute atomic E-state index is 13.0. The van der Waals surface area contributed by atoms with Crippen molar-refractivity contribution in [2.24, 2.45) is 0 Å². The van der Waals surface area contributed by atoms with Crippen LogP contribution in [0.4, 0.5) is 17.2 Å². The van der Waals surface area contributed by atoms with Gasteiger partial charge in [-0.1, -0.05) is 48.5 Å². The topological polar surface area (TPSA) is 114 Å². The Balaban J connectivity index is 1.42. The van der Waals surface area contributed by atoms with Crippen molar-refractivity contribution in [2.75, 3.05) is 16.4 Å². The summed E-state index contributed by atoms with van der Waals surface area (Å²) >= 11 is 0. The molecule has 0 saturated carbocycles. The fraction of sp³-hybridized carbons (Fsp3) is 0.0714. The van der Waals surface area contributed by atoms with Gasteiger partial charge in [0.05, 0.1) is 12.1 Å². The van der Waals surface area contributed by atoms with Crippen molar-refractivity contribution in [3.8, 4) is 11.1 Å². The standard InChI is InChI=1S/C28H24N4O3/c1-18(33)19-9-11-20(12-10-19)24-6-2-3-7-25(24)28(35)32-22-15-13-21(14-16-22)31-27(34)17-23-5-4-8-26(29)30-23/h2-16H,17H2,1H3,(H2,29,30)(H,31,34)(H,32,35). The molecule has 2 amide bonds. The Morgan fingerprint density at radius 1 is 0.771 bits per heavy atom. The van der Waals surface area contributed by atoms with Crippen LogP contribution in [0.5, 0.6) is 0 Å². The molecular formula is C28H24N4O3. The van der Waals surface area contributed by atoms with E-state index >= 15 is 0 Å². The molecule has 7 nitrogen and oxygen atoms in total. The van der Waals surface area contributed by atoms with Crippen molar-refractivity contribution in [3.63, 3.8) is 0 Å². The highest BCUT2D eigenvalue weighted by Crippen LogP contribution is 2.25. The number of aromatic nitrogens is 1. The third-order valence-electron chi connectivity index (χ3n) is 5.37. The van der Waals surface area contributed by atoms with Gasteiger partial charge in [-0.3, -0.25) is 14.4 Å². The lowest BCUT2D eigenvalue weighted by Crippen LogP contribution is -2.16. The molecule has 1 aromatic heterocycles. The predicted octanol–water partition coefficient (Wildman–Crippen LogP) is 4.97. The van der Waals surface area contributed by atoms with Gasteiger partial charge in [0, 0.05) is 22.5 Å². The molecule has 35 heavy (non-hydrogen) atoms. The van der Waals surface area contributed by atoms with Crippen LogP contribution in [0, 0.1) is 0 Å². The third-order valence-corrected chi connectivity index (χ3v) is 5.37. The van der Waals surface area contributed by atoms with Gasteiger partial charge in [-0.2, -0.15) is 0 Å². The highest BCUT2D eigenvalue weighted by Gasteiger charge is 2.13. The van der Waals surface area contributed by atoms with Gasteiger partial charge in [0.15, 0.2) is 5.78 Å². The van der Waals surface area contributed by atoms with E-state index < -0.39 is 0 Å². The summed E-state index contributed by atoms with van der Waals surface area (Å²) in [6.45, 7) is 1.52. The van der Waals surface area contributed by atoms with Crippen molar-refractivity contribution in [2.45, 2.75) is 13.3 Å². The molecular weight excluding hydrogens is 440 g/mol. The van der Waals surface area contributed by atoms with Gasteiger partial charge in [0.1, 0.15) is 5.82 Å². The van der Waals surface area contributed by atoms with Crippen LogP contribution in [0.15, 0.2) is 91.0 Å². The van der Waals surface area contributed by atoms with Gasteiger partial charge in [-0.15, -0.1) is 0 Å². The number of ketones is 1. The molecule has 0 radical (unpaired) electrons. The Morgan fingerprint density at radius 3 is 2.09 bits per heavy atom. The second kappa shape index (κ2) is 10.4. The van der Waals surface area contributed by atoms with Crippen LogP contribution in [-0.4, -0.2) is 22.6 Å². The van der Waals surface area contributed by atoms with E-state index in [9.17, 15) is 14.4 Å². The minimum atomic E-state index is -0.263. The number of anilines is 3. The lowest BCUT2D eigenvalue weighted by atomic mass is 9.97. The zero-order valence-corrected chi connectivity index (χ0v) is 19.1. The Hall–Kier alpha value is -4.78. The highest BCUT2D eigenvalue weighted by molar-refractivity contribution is 6.09. The number of nitrogen functional groups attached to an aromatic ring is 1. The number of carbonyl (C=O) groups is 3. The smallest absolute Gasteiger partial charge is 0.256 e. The van der Waals surface area contributed by atoms with Crippen LogP contribution in [0.3, 0.4) is 0 Å². The zero-order chi connectivity index (χ0) is 24.8. The SMILES string of the molecule is CC(=O)c1ccc(-c2ccccc2C(=O)Nc2ccc(NC(=O)Cc3cccc(N)n3)cc2)cc1. The number of rotatable bonds is 7. The van der Waals surface area contributed by atoms with Crippen LogP contribution >= 0.6 is 0 Å². The number of nitrogens with one attached hydrogen (secondary N) is 2. The van der Waals surface area contributed by atoms with Crippen LogP contribution in [0.2, 0.25) is 0 Å². The normalized spacial score (nSPS) is 10.4. The average molecular weight is 465 g/mol. The van der Waals surface area contributed by atoms with Crippen LogP contribution in [0.1, 0.15) is 33.3 Å². The lowest BCUT2D eigenvalue weighted by molar-refractivity contribution is -0.115. The summed E-state index contributed by atoms with van der Waals surface area (Å²) in [6.07, 6.45) is 0.105. The number of pyridine rings is 1. The van der Waals surface area contributed by atoms with Crippen molar-refractivity contribution >= 4 is 34.8 Å². The molecule has 4 N–H and O–H groups in total. The molecule has 0 aliphatic carbocycles. The molecule has 0 aliphatic rings. The molecule has 0 bridgehead atoms. The van der Waals surface area contributed by atoms with E-state index in [1.165, 1.54) is 6.92 Å². The number of nitrogens with two attached hydrogens (primary N) is 1. The first-order chi connectivity index (χ1) is 16.9. The second-order valence-corrected chi connectivity index (χ2v) is 7.99. The first kappa shape index (κ1) is 23.4. The predicted molar refractivity (Wildman–Crippen MR) is 137 cm³/mol. The van der Waals surface area contributed by atoms with Crippen molar-refractivity contribution in [1.29, 1.82) is 0 Å². The minimum Gasteiger partial charge on any atom is -0.384 e. The number of hydrogen-bond acceptors (Lipinski definition) is 5. The summed E-state index contributed by atoms with van der Waals surface area (Å²) in [6, 6.07) is 26.5. The summed E-state index contributed by atoms with van der Waals surface area (Å²) in [5, 5.41) is 5.70. The lowest BCUT2D eigenvalue weighted by Gasteiger charge is -2.12. The maximum atomic E-state index is 13.0. The van der Waals surface area contributed by atoms with E-state index in [1.54, 1.807) is 66.7 Å². The Labute approximate surface area is 203 Å². The summed E-state index contributed by atoms with van der Waals surface area (Å²) < 4.78 is 0. The largest absolute Gasteiger partial charge is 0.384 e. The molecule has 0 aliphatic heterocycles. The first-order valence-corrected chi connectivity index (χ1v) is 11.0. The van der Waals surface area contributed by atoms with Crippen molar-refractivity contribution < 1.29 is 14.4 Å². The second-order valence-electron chi connectivity index (χ2n) is 7.99. The number of benzene rings is 3. The van der Waals surface area contributed by atoms with Crippen LogP contribution < -0.4 is 16.4 Å². The summed E-state index contributed by atoms with van der Waals surface area (Å²) in [7, 11) is 0. The summed E-state index contributed by atoms with van der Waals surface area (Å²) in [5.41, 5.74) is 10.2. The number of nitrogens with zero attached hydrogens (tertiary/aromatic N) is 1. The molecule has 0 fully saturated rings. The molecule has 174 valence electrons. The molecule has 0 spiro atoms. The van der Waals surface area contributed by atoms with Gasteiger partial charge in [0.2, 0.25) is 5.91 Å². The number of amides is 2. The number of hydrogen-bond donors (Lipinski definition) is 3. The van der Waals surface area contributed by atoms with Gasteiger partial charge in [-0.05, 0) is 60.5 Å². The Kier molecular flexibility index (Phi) is 6.97. The maximum Gasteiger partial charge on any atom is 0.256 e. The molecule has 4 rings (SSSR count). The van der Waals surface area contributed by atoms with Gasteiger partial charge >= 0.3 is 0 Å². The molecule has 0 unspecified atom stereocenters. The summed E-state index contributed by atoms with van der Waals surface area (Å²) in [4.78, 5) is 41.0. The van der Waals surface area contributed by atoms with E-state index in [-0.39, 0.29) is 24.0 Å². The molecule has 3 aromatic carbocycles. The van der Waals surface area contributed by atoms with E-state index in [0.29, 0.717) is 34.0 Å². The van der Waals surface area contributed by atoms with Crippen LogP contribution in [-0.2, 0) is 11.2 Å². The molecule has 0 saturated heterocycles. The Bertz CT molecular complexity index is 1380. The number of Topliss-reactive ketones (excluding diaryl/α,β-unsaturated/α-hetero) is 1. The number of carbonyl (C=O) groups excluding carboxylic acids is 3. The Morgan fingerprint density at radius 2 is 1.43 bits per heavy atom. The molecule has 1 heterocycles. The van der Waals surface area contributed by atoms with Crippen molar-refractivity contribution in [3.05, 3.63) is 108 Å². The first-order valence-electron chi connectivity index (χ1n) is 11.0. The van der Waals surface area contributed by atoms with E-state index in [1.807, 2.05) is 24.3 Å². The monoisotopic (exact) mass is 464 g/mol. The molecule has 7 heteroatoms. The molecule has 4 aromatic rings. The summed E-state index contributed by atoms with van der Waals surface area (Å²) in [5.74, 6) is -0.126. The third kappa shape index (κ3) is 5.97. The zero-order valence-electron chi connectivity index (χ0n) is 19.1. The van der Waals surface area contributed by atoms with E-state index in [4.69, 9.17) is 5.73 Å². The van der Waals surface area contributed by atoms with Crippen LogP contribution in [0.25, 0.3) is 11.1 Å². The van der Waals surface area contributed by atoms with Crippen molar-refractivity contribution in [1.82, 2.24) is 4.98 Å². The van der Waals surface area contributed by atoms with Gasteiger partial charge in [0.25, 0.3) is 5.91 Å². The average Bonchev–Trinajstić information content (AvgIpc) is 2.85. The fourth-order valence-electron chi connectivity index (χ4n) is 3.62. The van der Waals surface area contributed by atoms with Gasteiger partial charge < -0.3 is 16.4 Å². The quantitative estimate of drug-likeness (QED) is 0.334. The van der Waals surface area contributed by atoms with E-state index in [2.05, 4.69) is 15.6 Å². The fourth-order valence-corrected chi connectivity index (χ4v) is 3.62.